The molecule has 0 saturated carbocycles. The summed E-state index contributed by atoms with van der Waals surface area (Å²) in [6, 6.07) is 3.58. The van der Waals surface area contributed by atoms with E-state index in [1.165, 1.54) is 0 Å². The van der Waals surface area contributed by atoms with Crippen molar-refractivity contribution in [3.05, 3.63) is 48.3 Å². The van der Waals surface area contributed by atoms with E-state index < -0.39 is 6.10 Å². The number of aliphatic hydroxyl groups excluding tert-OH is 1. The van der Waals surface area contributed by atoms with Crippen LogP contribution in [0.3, 0.4) is 0 Å². The number of aromatic nitrogens is 3. The lowest BCUT2D eigenvalue weighted by Gasteiger charge is -2.11. The van der Waals surface area contributed by atoms with E-state index in [1.807, 2.05) is 17.7 Å². The van der Waals surface area contributed by atoms with Crippen molar-refractivity contribution >= 4 is 0 Å². The minimum atomic E-state index is -0.678. The predicted octanol–water partition coefficient (Wildman–Crippen LogP) is 1.38. The molecule has 0 aliphatic heterocycles. The van der Waals surface area contributed by atoms with Crippen LogP contribution < -0.4 is 0 Å². The van der Waals surface area contributed by atoms with Gasteiger partial charge in [-0.05, 0) is 24.6 Å². The number of rotatable bonds is 3. The van der Waals surface area contributed by atoms with Crippen molar-refractivity contribution in [2.75, 3.05) is 0 Å². The smallest absolute Gasteiger partial charge is 0.142 e. The van der Waals surface area contributed by atoms with Crippen LogP contribution >= 0.6 is 0 Å². The summed E-state index contributed by atoms with van der Waals surface area (Å²) in [5.74, 6) is 0.670. The van der Waals surface area contributed by atoms with Crippen LogP contribution in [0.5, 0.6) is 0 Å². The number of nitrogens with zero attached hydrogens (tertiary/aromatic N) is 3. The normalized spacial score (nSPS) is 12.7. The second-order valence-corrected chi connectivity index (χ2v) is 3.25. The fourth-order valence-electron chi connectivity index (χ4n) is 1.53. The third-order valence-corrected chi connectivity index (χ3v) is 2.35. The van der Waals surface area contributed by atoms with Crippen molar-refractivity contribution in [2.24, 2.45) is 0 Å². The van der Waals surface area contributed by atoms with E-state index in [1.54, 1.807) is 30.7 Å². The van der Waals surface area contributed by atoms with Crippen molar-refractivity contribution in [3.8, 4) is 0 Å². The summed E-state index contributed by atoms with van der Waals surface area (Å²) in [5.41, 5.74) is 0.811. The molecule has 78 valence electrons. The van der Waals surface area contributed by atoms with E-state index in [0.717, 1.165) is 12.1 Å². The standard InChI is InChI=1S/C11H13N3O/c1-2-14-8-7-13-11(14)10(15)9-3-5-12-6-4-9/h3-8,10,15H,2H2,1H3. The molecule has 2 heterocycles. The Hall–Kier alpha value is -1.68. The maximum atomic E-state index is 10.1. The van der Waals surface area contributed by atoms with Gasteiger partial charge >= 0.3 is 0 Å². The first kappa shape index (κ1) is 9.86. The van der Waals surface area contributed by atoms with Crippen molar-refractivity contribution in [1.29, 1.82) is 0 Å². The Labute approximate surface area is 88.2 Å². The molecule has 0 aromatic carbocycles. The monoisotopic (exact) mass is 203 g/mol. The number of pyridine rings is 1. The highest BCUT2D eigenvalue weighted by atomic mass is 16.3. The van der Waals surface area contributed by atoms with E-state index in [-0.39, 0.29) is 0 Å². The zero-order valence-corrected chi connectivity index (χ0v) is 8.54. The molecule has 0 saturated heterocycles. The maximum Gasteiger partial charge on any atom is 0.142 e. The van der Waals surface area contributed by atoms with Crippen molar-refractivity contribution in [2.45, 2.75) is 19.6 Å². The Morgan fingerprint density at radius 2 is 2.07 bits per heavy atom. The molecule has 1 atom stereocenters. The minimum Gasteiger partial charge on any atom is -0.380 e. The summed E-state index contributed by atoms with van der Waals surface area (Å²) in [5, 5.41) is 10.1. The van der Waals surface area contributed by atoms with Gasteiger partial charge in [0.15, 0.2) is 0 Å². The molecule has 0 aliphatic rings. The zero-order chi connectivity index (χ0) is 10.7. The fourth-order valence-corrected chi connectivity index (χ4v) is 1.53. The predicted molar refractivity (Wildman–Crippen MR) is 56.2 cm³/mol. The van der Waals surface area contributed by atoms with Crippen LogP contribution in [0.2, 0.25) is 0 Å². The number of imidazole rings is 1. The topological polar surface area (TPSA) is 50.9 Å². The highest BCUT2D eigenvalue weighted by Crippen LogP contribution is 2.19. The zero-order valence-electron chi connectivity index (χ0n) is 8.54. The number of hydrogen-bond donors (Lipinski definition) is 1. The molecule has 4 nitrogen and oxygen atoms in total. The molecular weight excluding hydrogens is 190 g/mol. The van der Waals surface area contributed by atoms with E-state index in [4.69, 9.17) is 0 Å². The van der Waals surface area contributed by atoms with Crippen molar-refractivity contribution in [3.63, 3.8) is 0 Å². The molecule has 0 bridgehead atoms. The Balaban J connectivity index is 2.32. The van der Waals surface area contributed by atoms with Gasteiger partial charge in [-0.25, -0.2) is 4.98 Å². The van der Waals surface area contributed by atoms with E-state index in [9.17, 15) is 5.11 Å². The van der Waals surface area contributed by atoms with E-state index >= 15 is 0 Å². The highest BCUT2D eigenvalue weighted by molar-refractivity contribution is 5.20. The maximum absolute atomic E-state index is 10.1. The van der Waals surface area contributed by atoms with Crippen LogP contribution in [0.1, 0.15) is 24.4 Å². The van der Waals surface area contributed by atoms with Gasteiger partial charge in [-0.2, -0.15) is 0 Å². The summed E-state index contributed by atoms with van der Waals surface area (Å²) >= 11 is 0. The molecular formula is C11H13N3O. The first-order valence-electron chi connectivity index (χ1n) is 4.92. The van der Waals surface area contributed by atoms with Gasteiger partial charge in [0.1, 0.15) is 11.9 Å². The highest BCUT2D eigenvalue weighted by Gasteiger charge is 2.14. The largest absolute Gasteiger partial charge is 0.380 e. The van der Waals surface area contributed by atoms with Crippen LogP contribution in [0.4, 0.5) is 0 Å². The SMILES string of the molecule is CCn1ccnc1C(O)c1ccncc1. The summed E-state index contributed by atoms with van der Waals surface area (Å²) < 4.78 is 1.92. The Morgan fingerprint density at radius 3 is 2.73 bits per heavy atom. The molecule has 0 spiro atoms. The molecule has 2 aromatic rings. The molecule has 0 radical (unpaired) electrons. The average molecular weight is 203 g/mol. The second-order valence-electron chi connectivity index (χ2n) is 3.25. The van der Waals surface area contributed by atoms with Crippen LogP contribution in [0.15, 0.2) is 36.9 Å². The van der Waals surface area contributed by atoms with Crippen LogP contribution in [0, 0.1) is 0 Å². The van der Waals surface area contributed by atoms with E-state index in [0.29, 0.717) is 5.82 Å². The molecule has 0 amide bonds. The quantitative estimate of drug-likeness (QED) is 0.819. The first-order chi connectivity index (χ1) is 7.33. The molecule has 2 aromatic heterocycles. The van der Waals surface area contributed by atoms with Gasteiger partial charge in [-0.15, -0.1) is 0 Å². The van der Waals surface area contributed by atoms with Crippen LogP contribution in [-0.4, -0.2) is 19.6 Å². The molecule has 1 N–H and O–H groups in total. The van der Waals surface area contributed by atoms with Gasteiger partial charge in [0, 0.05) is 31.3 Å². The lowest BCUT2D eigenvalue weighted by molar-refractivity contribution is 0.204. The van der Waals surface area contributed by atoms with Gasteiger partial charge < -0.3 is 9.67 Å². The number of hydrogen-bond acceptors (Lipinski definition) is 3. The van der Waals surface area contributed by atoms with Gasteiger partial charge in [-0.1, -0.05) is 0 Å². The Kier molecular flexibility index (Phi) is 2.78. The summed E-state index contributed by atoms with van der Waals surface area (Å²) in [6.07, 6.45) is 6.21. The lowest BCUT2D eigenvalue weighted by atomic mass is 10.1. The van der Waals surface area contributed by atoms with E-state index in [2.05, 4.69) is 9.97 Å². The second kappa shape index (κ2) is 4.23. The fraction of sp³-hybridized carbons (Fsp3) is 0.273. The van der Waals surface area contributed by atoms with Crippen LogP contribution in [0.25, 0.3) is 0 Å². The lowest BCUT2D eigenvalue weighted by Crippen LogP contribution is -2.08. The first-order valence-corrected chi connectivity index (χ1v) is 4.92. The molecule has 0 fully saturated rings. The van der Waals surface area contributed by atoms with Gasteiger partial charge in [0.2, 0.25) is 0 Å². The Morgan fingerprint density at radius 1 is 1.33 bits per heavy atom. The van der Waals surface area contributed by atoms with Gasteiger partial charge in [0.05, 0.1) is 0 Å². The number of aliphatic hydroxyl groups is 1. The summed E-state index contributed by atoms with van der Waals surface area (Å²) in [7, 11) is 0. The molecule has 15 heavy (non-hydrogen) atoms. The van der Waals surface area contributed by atoms with Crippen molar-refractivity contribution in [1.82, 2.24) is 14.5 Å². The summed E-state index contributed by atoms with van der Waals surface area (Å²) in [4.78, 5) is 8.07. The average Bonchev–Trinajstić information content (AvgIpc) is 2.77. The van der Waals surface area contributed by atoms with Crippen molar-refractivity contribution < 1.29 is 5.11 Å². The Bertz CT molecular complexity index is 424. The molecule has 2 rings (SSSR count). The molecule has 1 unspecified atom stereocenters. The molecule has 4 heteroatoms. The van der Waals surface area contributed by atoms with Gasteiger partial charge in [-0.3, -0.25) is 4.98 Å². The third kappa shape index (κ3) is 1.89. The van der Waals surface area contributed by atoms with Gasteiger partial charge in [0.25, 0.3) is 0 Å². The van der Waals surface area contributed by atoms with Crippen LogP contribution in [-0.2, 0) is 6.54 Å². The molecule has 0 aliphatic carbocycles. The third-order valence-electron chi connectivity index (χ3n) is 2.35. The summed E-state index contributed by atoms with van der Waals surface area (Å²) in [6.45, 7) is 2.82. The minimum absolute atomic E-state index is 0.670. The number of aryl methyl sites for hydroxylation is 1.